The average molecular weight is 288 g/mol. The molecule has 0 spiro atoms. The maximum Gasteiger partial charge on any atom is 0.337 e. The van der Waals surface area contributed by atoms with Crippen LogP contribution < -0.4 is 10.2 Å². The topological polar surface area (TPSA) is 82.8 Å². The molecule has 2 aromatic rings. The number of furan rings is 1. The molecule has 2 amide bonds. The van der Waals surface area contributed by atoms with Gasteiger partial charge in [0, 0.05) is 7.05 Å². The monoisotopic (exact) mass is 288 g/mol. The van der Waals surface area contributed by atoms with Gasteiger partial charge in [0.25, 0.3) is 0 Å². The van der Waals surface area contributed by atoms with Gasteiger partial charge in [-0.1, -0.05) is 12.1 Å². The number of benzene rings is 1. The van der Waals surface area contributed by atoms with Gasteiger partial charge < -0.3 is 14.8 Å². The number of carboxylic acid groups (broad SMARTS) is 1. The van der Waals surface area contributed by atoms with E-state index in [1.165, 1.54) is 18.0 Å². The molecule has 0 saturated heterocycles. The van der Waals surface area contributed by atoms with Gasteiger partial charge in [-0.3, -0.25) is 4.90 Å². The number of hydrogen-bond donors (Lipinski definition) is 2. The molecular weight excluding hydrogens is 272 g/mol. The largest absolute Gasteiger partial charge is 0.478 e. The summed E-state index contributed by atoms with van der Waals surface area (Å²) in [7, 11) is 1.52. The Morgan fingerprint density at radius 2 is 1.95 bits per heavy atom. The molecule has 0 atom stereocenters. The molecule has 1 heterocycles. The summed E-state index contributed by atoms with van der Waals surface area (Å²) in [5.41, 5.74) is 0.405. The number of amides is 2. The molecule has 0 unspecified atom stereocenters. The number of carbonyl (C=O) groups is 2. The number of nitrogens with one attached hydrogen (secondary N) is 1. The van der Waals surface area contributed by atoms with E-state index < -0.39 is 12.0 Å². The first-order valence-corrected chi connectivity index (χ1v) is 6.38. The zero-order chi connectivity index (χ0) is 15.4. The number of urea groups is 1. The van der Waals surface area contributed by atoms with Crippen LogP contribution in [0.3, 0.4) is 0 Å². The highest BCUT2D eigenvalue weighted by molar-refractivity contribution is 6.01. The van der Waals surface area contributed by atoms with Crippen molar-refractivity contribution in [2.75, 3.05) is 11.9 Å². The Hall–Kier alpha value is -2.76. The van der Waals surface area contributed by atoms with Crippen molar-refractivity contribution in [1.29, 1.82) is 0 Å². The number of carboxylic acids is 1. The lowest BCUT2D eigenvalue weighted by atomic mass is 10.1. The molecular formula is C15H16N2O4. The molecule has 0 aliphatic rings. The molecule has 0 bridgehead atoms. The molecule has 21 heavy (non-hydrogen) atoms. The molecule has 6 nitrogen and oxygen atoms in total. The summed E-state index contributed by atoms with van der Waals surface area (Å²) in [6.45, 7) is 2.06. The fourth-order valence-corrected chi connectivity index (χ4v) is 1.92. The summed E-state index contributed by atoms with van der Waals surface area (Å²) in [6.07, 6.45) is 0. The first kappa shape index (κ1) is 14.6. The molecule has 6 heteroatoms. The third kappa shape index (κ3) is 3.42. The van der Waals surface area contributed by atoms with Gasteiger partial charge in [0.15, 0.2) is 0 Å². The smallest absolute Gasteiger partial charge is 0.337 e. The van der Waals surface area contributed by atoms with Crippen LogP contribution in [0.1, 0.15) is 21.9 Å². The molecule has 2 rings (SSSR count). The van der Waals surface area contributed by atoms with Crippen LogP contribution >= 0.6 is 0 Å². The van der Waals surface area contributed by atoms with Crippen LogP contribution in [0.5, 0.6) is 0 Å². The summed E-state index contributed by atoms with van der Waals surface area (Å²) in [4.78, 5) is 24.5. The van der Waals surface area contributed by atoms with Gasteiger partial charge >= 0.3 is 12.0 Å². The van der Waals surface area contributed by atoms with Crippen molar-refractivity contribution >= 4 is 17.7 Å². The highest BCUT2D eigenvalue weighted by atomic mass is 16.4. The minimum atomic E-state index is -1.08. The zero-order valence-electron chi connectivity index (χ0n) is 11.8. The van der Waals surface area contributed by atoms with E-state index in [0.717, 1.165) is 5.76 Å². The van der Waals surface area contributed by atoms with Gasteiger partial charge in [-0.25, -0.2) is 9.59 Å². The molecule has 110 valence electrons. The van der Waals surface area contributed by atoms with E-state index in [9.17, 15) is 9.59 Å². The van der Waals surface area contributed by atoms with Crippen molar-refractivity contribution in [2.24, 2.45) is 0 Å². The lowest BCUT2D eigenvalue weighted by Gasteiger charge is -2.19. The van der Waals surface area contributed by atoms with E-state index in [-0.39, 0.29) is 12.1 Å². The Morgan fingerprint density at radius 3 is 2.57 bits per heavy atom. The Labute approximate surface area is 122 Å². The number of rotatable bonds is 4. The van der Waals surface area contributed by atoms with E-state index in [4.69, 9.17) is 9.52 Å². The summed E-state index contributed by atoms with van der Waals surface area (Å²) >= 11 is 0. The van der Waals surface area contributed by atoms with Crippen molar-refractivity contribution in [1.82, 2.24) is 5.32 Å². The van der Waals surface area contributed by atoms with Gasteiger partial charge in [0.05, 0.1) is 17.8 Å². The van der Waals surface area contributed by atoms with E-state index in [0.29, 0.717) is 11.4 Å². The molecule has 0 radical (unpaired) electrons. The van der Waals surface area contributed by atoms with Gasteiger partial charge in [0.1, 0.15) is 11.5 Å². The highest BCUT2D eigenvalue weighted by Gasteiger charge is 2.17. The number of aromatic carboxylic acids is 1. The fourth-order valence-electron chi connectivity index (χ4n) is 1.92. The Morgan fingerprint density at radius 1 is 1.24 bits per heavy atom. The third-order valence-electron chi connectivity index (χ3n) is 3.01. The maximum absolute atomic E-state index is 12.1. The SMILES string of the molecule is Cc1ccc(CNC(=O)N(C)c2ccccc2C(=O)O)o1. The van der Waals surface area contributed by atoms with E-state index in [2.05, 4.69) is 5.32 Å². The number of aryl methyl sites for hydroxylation is 1. The average Bonchev–Trinajstić information content (AvgIpc) is 2.89. The summed E-state index contributed by atoms with van der Waals surface area (Å²) in [6, 6.07) is 9.52. The molecule has 1 aromatic carbocycles. The van der Waals surface area contributed by atoms with Crippen molar-refractivity contribution < 1.29 is 19.1 Å². The first-order valence-electron chi connectivity index (χ1n) is 6.38. The zero-order valence-corrected chi connectivity index (χ0v) is 11.8. The second-order valence-electron chi connectivity index (χ2n) is 4.55. The second kappa shape index (κ2) is 6.13. The normalized spacial score (nSPS) is 10.2. The van der Waals surface area contributed by atoms with Crippen molar-refractivity contribution in [3.05, 3.63) is 53.5 Å². The van der Waals surface area contributed by atoms with E-state index in [1.807, 2.05) is 13.0 Å². The minimum absolute atomic E-state index is 0.0731. The number of anilines is 1. The van der Waals surface area contributed by atoms with E-state index in [1.54, 1.807) is 24.3 Å². The molecule has 1 aromatic heterocycles. The van der Waals surface area contributed by atoms with Crippen LogP contribution in [-0.4, -0.2) is 24.2 Å². The maximum atomic E-state index is 12.1. The van der Waals surface area contributed by atoms with Crippen LogP contribution in [-0.2, 0) is 6.54 Å². The Bertz CT molecular complexity index is 663. The number of hydrogen-bond acceptors (Lipinski definition) is 3. The first-order chi connectivity index (χ1) is 9.99. The van der Waals surface area contributed by atoms with Crippen LogP contribution in [0, 0.1) is 6.92 Å². The molecule has 0 aliphatic carbocycles. The molecule has 2 N–H and O–H groups in total. The van der Waals surface area contributed by atoms with E-state index >= 15 is 0 Å². The summed E-state index contributed by atoms with van der Waals surface area (Å²) in [5, 5.41) is 11.8. The standard InChI is InChI=1S/C15H16N2O4/c1-10-7-8-11(21-10)9-16-15(20)17(2)13-6-4-3-5-12(13)14(18)19/h3-8H,9H2,1-2H3,(H,16,20)(H,18,19). The Balaban J connectivity index is 2.07. The number of nitrogens with zero attached hydrogens (tertiary/aromatic N) is 1. The number of carbonyl (C=O) groups excluding carboxylic acids is 1. The fraction of sp³-hybridized carbons (Fsp3) is 0.200. The lowest BCUT2D eigenvalue weighted by Crippen LogP contribution is -2.37. The van der Waals surface area contributed by atoms with Crippen molar-refractivity contribution in [2.45, 2.75) is 13.5 Å². The van der Waals surface area contributed by atoms with Crippen LogP contribution in [0.2, 0.25) is 0 Å². The predicted molar refractivity (Wildman–Crippen MR) is 77.5 cm³/mol. The highest BCUT2D eigenvalue weighted by Crippen LogP contribution is 2.19. The molecule has 0 saturated carbocycles. The van der Waals surface area contributed by atoms with Crippen LogP contribution in [0.4, 0.5) is 10.5 Å². The van der Waals surface area contributed by atoms with Crippen molar-refractivity contribution in [3.8, 4) is 0 Å². The lowest BCUT2D eigenvalue weighted by molar-refractivity contribution is 0.0697. The number of para-hydroxylation sites is 1. The van der Waals surface area contributed by atoms with Crippen molar-refractivity contribution in [3.63, 3.8) is 0 Å². The van der Waals surface area contributed by atoms with Crippen LogP contribution in [0.15, 0.2) is 40.8 Å². The quantitative estimate of drug-likeness (QED) is 0.906. The van der Waals surface area contributed by atoms with Crippen LogP contribution in [0.25, 0.3) is 0 Å². The second-order valence-corrected chi connectivity index (χ2v) is 4.55. The third-order valence-corrected chi connectivity index (χ3v) is 3.01. The van der Waals surface area contributed by atoms with Gasteiger partial charge in [-0.05, 0) is 31.2 Å². The molecule has 0 aliphatic heterocycles. The van der Waals surface area contributed by atoms with Gasteiger partial charge in [-0.15, -0.1) is 0 Å². The molecule has 0 fully saturated rings. The van der Waals surface area contributed by atoms with Gasteiger partial charge in [-0.2, -0.15) is 0 Å². The Kier molecular flexibility index (Phi) is 4.27. The summed E-state index contributed by atoms with van der Waals surface area (Å²) < 4.78 is 5.35. The summed E-state index contributed by atoms with van der Waals surface area (Å²) in [5.74, 6) is 0.330. The van der Waals surface area contributed by atoms with Gasteiger partial charge in [0.2, 0.25) is 0 Å². The minimum Gasteiger partial charge on any atom is -0.478 e. The predicted octanol–water partition coefficient (Wildman–Crippen LogP) is 2.63.